The van der Waals surface area contributed by atoms with Crippen LogP contribution in [0.2, 0.25) is 0 Å². The molecule has 5 nitrogen and oxygen atoms in total. The number of nitrogens with one attached hydrogen (secondary N) is 1. The Hall–Kier alpha value is -2.53. The Balaban J connectivity index is 1.38. The number of likely N-dealkylation sites (tertiary alicyclic amines) is 1. The summed E-state index contributed by atoms with van der Waals surface area (Å²) in [5.41, 5.74) is 2.58. The lowest BCUT2D eigenvalue weighted by Gasteiger charge is -2.28. The third kappa shape index (κ3) is 4.40. The summed E-state index contributed by atoms with van der Waals surface area (Å²) >= 11 is 0. The Morgan fingerprint density at radius 3 is 2.62 bits per heavy atom. The SMILES string of the molecule is CCOc1ccccc1C(=O)Nc1ccc(N2CCC(N3CCCC3C)C2)cc1. The number of carbonyl (C=O) groups excluding carboxylic acids is 1. The topological polar surface area (TPSA) is 44.8 Å². The van der Waals surface area contributed by atoms with Crippen molar-refractivity contribution < 1.29 is 9.53 Å². The number of amides is 1. The summed E-state index contributed by atoms with van der Waals surface area (Å²) < 4.78 is 5.57. The Bertz CT molecular complexity index is 836. The fraction of sp³-hybridized carbons (Fsp3) is 0.458. The molecule has 4 rings (SSSR count). The molecule has 0 saturated carbocycles. The van der Waals surface area contributed by atoms with Crippen molar-refractivity contribution in [2.75, 3.05) is 36.5 Å². The third-order valence-corrected chi connectivity index (χ3v) is 6.16. The van der Waals surface area contributed by atoms with Gasteiger partial charge in [0.1, 0.15) is 5.75 Å². The van der Waals surface area contributed by atoms with E-state index >= 15 is 0 Å². The molecule has 5 heteroatoms. The van der Waals surface area contributed by atoms with Gasteiger partial charge in [-0.3, -0.25) is 9.69 Å². The van der Waals surface area contributed by atoms with E-state index in [0.717, 1.165) is 24.8 Å². The fourth-order valence-corrected chi connectivity index (χ4v) is 4.63. The van der Waals surface area contributed by atoms with E-state index in [-0.39, 0.29) is 5.91 Å². The van der Waals surface area contributed by atoms with Crippen LogP contribution in [-0.2, 0) is 0 Å². The summed E-state index contributed by atoms with van der Waals surface area (Å²) in [6.45, 7) is 8.25. The summed E-state index contributed by atoms with van der Waals surface area (Å²) in [4.78, 5) is 17.8. The maximum Gasteiger partial charge on any atom is 0.259 e. The summed E-state index contributed by atoms with van der Waals surface area (Å²) in [7, 11) is 0. The highest BCUT2D eigenvalue weighted by atomic mass is 16.5. The van der Waals surface area contributed by atoms with Gasteiger partial charge in [0, 0.05) is 36.5 Å². The van der Waals surface area contributed by atoms with E-state index in [2.05, 4.69) is 34.2 Å². The Kier molecular flexibility index (Phi) is 6.05. The average molecular weight is 394 g/mol. The molecule has 1 N–H and O–H groups in total. The largest absolute Gasteiger partial charge is 0.493 e. The number of hydrogen-bond donors (Lipinski definition) is 1. The van der Waals surface area contributed by atoms with Crippen molar-refractivity contribution >= 4 is 17.3 Å². The molecule has 2 fully saturated rings. The zero-order chi connectivity index (χ0) is 20.2. The van der Waals surface area contributed by atoms with Crippen LogP contribution in [-0.4, -0.2) is 49.1 Å². The molecular formula is C24H31N3O2. The van der Waals surface area contributed by atoms with Crippen LogP contribution >= 0.6 is 0 Å². The monoisotopic (exact) mass is 393 g/mol. The molecule has 1 amide bonds. The quantitative estimate of drug-likeness (QED) is 0.790. The molecule has 2 saturated heterocycles. The number of rotatable bonds is 6. The highest BCUT2D eigenvalue weighted by molar-refractivity contribution is 6.06. The molecule has 2 heterocycles. The van der Waals surface area contributed by atoms with Gasteiger partial charge in [-0.2, -0.15) is 0 Å². The maximum atomic E-state index is 12.7. The Morgan fingerprint density at radius 2 is 1.90 bits per heavy atom. The highest BCUT2D eigenvalue weighted by Gasteiger charge is 2.32. The molecule has 0 aliphatic carbocycles. The second-order valence-electron chi connectivity index (χ2n) is 8.05. The van der Waals surface area contributed by atoms with E-state index in [1.165, 1.54) is 31.5 Å². The predicted molar refractivity (Wildman–Crippen MR) is 118 cm³/mol. The van der Waals surface area contributed by atoms with Crippen molar-refractivity contribution in [3.05, 3.63) is 54.1 Å². The van der Waals surface area contributed by atoms with Crippen LogP contribution in [0.5, 0.6) is 5.75 Å². The van der Waals surface area contributed by atoms with E-state index in [1.54, 1.807) is 6.07 Å². The summed E-state index contributed by atoms with van der Waals surface area (Å²) in [6.07, 6.45) is 3.90. The first kappa shape index (κ1) is 19.8. The van der Waals surface area contributed by atoms with Gasteiger partial charge in [0.25, 0.3) is 5.91 Å². The van der Waals surface area contributed by atoms with Crippen molar-refractivity contribution in [1.82, 2.24) is 4.90 Å². The van der Waals surface area contributed by atoms with Crippen LogP contribution < -0.4 is 15.0 Å². The van der Waals surface area contributed by atoms with Crippen molar-refractivity contribution in [1.29, 1.82) is 0 Å². The smallest absolute Gasteiger partial charge is 0.259 e. The van der Waals surface area contributed by atoms with Gasteiger partial charge in [0.15, 0.2) is 0 Å². The van der Waals surface area contributed by atoms with Gasteiger partial charge in [-0.15, -0.1) is 0 Å². The van der Waals surface area contributed by atoms with Gasteiger partial charge in [-0.1, -0.05) is 12.1 Å². The first-order valence-corrected chi connectivity index (χ1v) is 10.8. The second kappa shape index (κ2) is 8.87. The molecule has 154 valence electrons. The standard InChI is InChI=1S/C24H31N3O2/c1-3-29-23-9-5-4-8-22(23)24(28)25-19-10-12-20(13-11-19)26-16-14-21(17-26)27-15-6-7-18(27)2/h4-5,8-13,18,21H,3,6-7,14-17H2,1-2H3,(H,25,28). The van der Waals surface area contributed by atoms with Crippen LogP contribution in [0.25, 0.3) is 0 Å². The molecule has 0 aromatic heterocycles. The van der Waals surface area contributed by atoms with Gasteiger partial charge in [0.05, 0.1) is 12.2 Å². The Morgan fingerprint density at radius 1 is 1.10 bits per heavy atom. The lowest BCUT2D eigenvalue weighted by Crippen LogP contribution is -2.39. The van der Waals surface area contributed by atoms with E-state index in [1.807, 2.05) is 37.3 Å². The minimum absolute atomic E-state index is 0.147. The predicted octanol–water partition coefficient (Wildman–Crippen LogP) is 4.40. The molecule has 0 radical (unpaired) electrons. The van der Waals surface area contributed by atoms with Crippen molar-refractivity contribution in [2.24, 2.45) is 0 Å². The number of benzene rings is 2. The van der Waals surface area contributed by atoms with E-state index in [9.17, 15) is 4.79 Å². The van der Waals surface area contributed by atoms with Crippen LogP contribution in [0, 0.1) is 0 Å². The van der Waals surface area contributed by atoms with E-state index in [4.69, 9.17) is 4.74 Å². The number of para-hydroxylation sites is 1. The average Bonchev–Trinajstić information content (AvgIpc) is 3.38. The minimum Gasteiger partial charge on any atom is -0.493 e. The zero-order valence-electron chi connectivity index (χ0n) is 17.4. The molecule has 2 aromatic carbocycles. The van der Waals surface area contributed by atoms with E-state index < -0.39 is 0 Å². The molecule has 2 atom stereocenters. The highest BCUT2D eigenvalue weighted by Crippen LogP contribution is 2.29. The van der Waals surface area contributed by atoms with Crippen molar-refractivity contribution in [3.8, 4) is 5.75 Å². The first-order valence-electron chi connectivity index (χ1n) is 10.8. The molecule has 2 unspecified atom stereocenters. The van der Waals surface area contributed by atoms with Crippen LogP contribution in [0.3, 0.4) is 0 Å². The lowest BCUT2D eigenvalue weighted by atomic mass is 10.1. The lowest BCUT2D eigenvalue weighted by molar-refractivity contribution is 0.102. The van der Waals surface area contributed by atoms with Gasteiger partial charge < -0.3 is 15.0 Å². The number of ether oxygens (including phenoxy) is 1. The zero-order valence-corrected chi connectivity index (χ0v) is 17.4. The Labute approximate surface area is 173 Å². The normalized spacial score (nSPS) is 22.1. The maximum absolute atomic E-state index is 12.7. The fourth-order valence-electron chi connectivity index (χ4n) is 4.63. The van der Waals surface area contributed by atoms with E-state index in [0.29, 0.717) is 24.0 Å². The van der Waals surface area contributed by atoms with Gasteiger partial charge >= 0.3 is 0 Å². The van der Waals surface area contributed by atoms with Crippen molar-refractivity contribution in [2.45, 2.75) is 45.2 Å². The molecular weight excluding hydrogens is 362 g/mol. The van der Waals surface area contributed by atoms with Crippen LogP contribution in [0.15, 0.2) is 48.5 Å². The van der Waals surface area contributed by atoms with Gasteiger partial charge in [-0.05, 0) is 76.1 Å². The minimum atomic E-state index is -0.147. The van der Waals surface area contributed by atoms with Crippen LogP contribution in [0.4, 0.5) is 11.4 Å². The number of anilines is 2. The molecule has 2 aliphatic rings. The van der Waals surface area contributed by atoms with Crippen LogP contribution in [0.1, 0.15) is 43.5 Å². The third-order valence-electron chi connectivity index (χ3n) is 6.16. The first-order chi connectivity index (χ1) is 14.2. The van der Waals surface area contributed by atoms with Crippen molar-refractivity contribution in [3.63, 3.8) is 0 Å². The molecule has 2 aliphatic heterocycles. The second-order valence-corrected chi connectivity index (χ2v) is 8.05. The summed E-state index contributed by atoms with van der Waals surface area (Å²) in [5.74, 6) is 0.467. The van der Waals surface area contributed by atoms with Gasteiger partial charge in [-0.25, -0.2) is 0 Å². The molecule has 0 bridgehead atoms. The molecule has 2 aromatic rings. The summed E-state index contributed by atoms with van der Waals surface area (Å²) in [5, 5.41) is 2.99. The summed E-state index contributed by atoms with van der Waals surface area (Å²) in [6, 6.07) is 16.9. The number of nitrogens with zero attached hydrogens (tertiary/aromatic N) is 2. The van der Waals surface area contributed by atoms with Gasteiger partial charge in [0.2, 0.25) is 0 Å². The molecule has 0 spiro atoms. The molecule has 29 heavy (non-hydrogen) atoms. The number of hydrogen-bond acceptors (Lipinski definition) is 4. The number of carbonyl (C=O) groups is 1.